The Kier molecular flexibility index (Phi) is 34.0. The summed E-state index contributed by atoms with van der Waals surface area (Å²) >= 11 is 6.36. The van der Waals surface area contributed by atoms with Crippen molar-refractivity contribution < 1.29 is 43.0 Å². The molecule has 2 saturated heterocycles. The highest BCUT2D eigenvalue weighted by molar-refractivity contribution is 8.00. The third-order valence-electron chi connectivity index (χ3n) is 18.5. The number of benzene rings is 1. The van der Waals surface area contributed by atoms with E-state index in [1.54, 1.807) is 71.0 Å². The average molecular weight is 1330 g/mol. The summed E-state index contributed by atoms with van der Waals surface area (Å²) in [7, 11) is 6.58. The monoisotopic (exact) mass is 1330 g/mol. The van der Waals surface area contributed by atoms with Gasteiger partial charge in [0.05, 0.1) is 62.5 Å². The van der Waals surface area contributed by atoms with E-state index in [0.717, 1.165) is 30.0 Å². The van der Waals surface area contributed by atoms with Crippen molar-refractivity contribution in [1.82, 2.24) is 45.0 Å². The molecule has 90 heavy (non-hydrogen) atoms. The summed E-state index contributed by atoms with van der Waals surface area (Å²) in [6, 6.07) is 7.56. The Morgan fingerprint density at radius 2 is 1.32 bits per heavy atom. The molecule has 1 saturated carbocycles. The van der Waals surface area contributed by atoms with Crippen LogP contribution in [0.1, 0.15) is 174 Å². The maximum atomic E-state index is 14.9. The van der Waals surface area contributed by atoms with Crippen molar-refractivity contribution in [1.29, 1.82) is 0 Å². The lowest BCUT2D eigenvalue weighted by Crippen LogP contribution is -2.60. The van der Waals surface area contributed by atoms with Gasteiger partial charge in [-0.05, 0) is 61.7 Å². The number of likely N-dealkylation sites (N-methyl/N-ethyl adjacent to an activating group) is 2. The van der Waals surface area contributed by atoms with Crippen LogP contribution in [0.15, 0.2) is 54.2 Å². The van der Waals surface area contributed by atoms with Gasteiger partial charge in [0.1, 0.15) is 17.1 Å². The number of nitrogens with one attached hydrogen (secondary N) is 2. The van der Waals surface area contributed by atoms with Crippen molar-refractivity contribution in [3.8, 4) is 0 Å². The number of hydrogen-bond donors (Lipinski definition) is 2. The molecule has 9 atom stereocenters. The number of hydrogen-bond acceptors (Lipinski definition) is 15. The fraction of sp³-hybridized carbons (Fsp3) is 0.735. The Labute approximate surface area is 557 Å². The normalized spacial score (nSPS) is 19.0. The van der Waals surface area contributed by atoms with Gasteiger partial charge < -0.3 is 49.5 Å². The highest BCUT2D eigenvalue weighted by atomic mass is 32.2. The zero-order chi connectivity index (χ0) is 65.9. The van der Waals surface area contributed by atoms with Gasteiger partial charge in [-0.3, -0.25) is 33.6 Å². The number of rotatable bonds is 34. The summed E-state index contributed by atoms with van der Waals surface area (Å²) in [4.78, 5) is 114. The molecule has 0 bridgehead atoms. The van der Waals surface area contributed by atoms with E-state index < -0.39 is 30.1 Å². The van der Waals surface area contributed by atoms with Crippen LogP contribution in [0.5, 0.6) is 0 Å². The summed E-state index contributed by atoms with van der Waals surface area (Å²) in [5.41, 5.74) is 1.98. The van der Waals surface area contributed by atoms with Gasteiger partial charge in [0.2, 0.25) is 41.4 Å². The summed E-state index contributed by atoms with van der Waals surface area (Å²) in [6.07, 6.45) is 19.1. The molecular weight excluding hydrogens is 1220 g/mol. The van der Waals surface area contributed by atoms with Crippen LogP contribution in [-0.4, -0.2) is 201 Å². The lowest BCUT2D eigenvalue weighted by atomic mass is 9.89. The molecule has 0 spiro atoms. The van der Waals surface area contributed by atoms with E-state index in [2.05, 4.69) is 41.3 Å². The van der Waals surface area contributed by atoms with Gasteiger partial charge in [-0.1, -0.05) is 143 Å². The number of aromatic nitrogens is 1. The molecule has 5 rings (SSSR count). The number of carbonyl (C=O) groups excluding carboxylic acids is 7. The van der Waals surface area contributed by atoms with E-state index in [-0.39, 0.29) is 116 Å². The quantitative estimate of drug-likeness (QED) is 0.0628. The second kappa shape index (κ2) is 40.0. The summed E-state index contributed by atoms with van der Waals surface area (Å²) in [6.45, 7) is 19.1. The summed E-state index contributed by atoms with van der Waals surface area (Å²) in [5.74, 6) is -0.826. The lowest BCUT2D eigenvalue weighted by molar-refractivity contribution is -0.158. The van der Waals surface area contributed by atoms with E-state index in [1.807, 2.05) is 94.2 Å². The van der Waals surface area contributed by atoms with Crippen molar-refractivity contribution in [2.24, 2.45) is 23.7 Å². The van der Waals surface area contributed by atoms with Crippen LogP contribution >= 0.6 is 46.6 Å². The first-order chi connectivity index (χ1) is 43.1. The first-order valence-corrected chi connectivity index (χ1v) is 37.7. The first-order valence-electron chi connectivity index (χ1n) is 33.2. The predicted octanol–water partition coefficient (Wildman–Crippen LogP) is 10.7. The van der Waals surface area contributed by atoms with Crippen LogP contribution in [0.4, 0.5) is 0 Å². The molecular formula is C68H111N9O9S4. The van der Waals surface area contributed by atoms with Gasteiger partial charge in [0.25, 0.3) is 0 Å². The first kappa shape index (κ1) is 76.4. The molecule has 506 valence electrons. The van der Waals surface area contributed by atoms with Crippen molar-refractivity contribution in [3.63, 3.8) is 0 Å². The molecule has 0 unspecified atom stereocenters. The molecule has 7 amide bonds. The molecule has 3 heterocycles. The van der Waals surface area contributed by atoms with E-state index in [9.17, 15) is 33.6 Å². The van der Waals surface area contributed by atoms with Gasteiger partial charge in [-0.15, -0.1) is 11.3 Å². The Morgan fingerprint density at radius 3 is 1.86 bits per heavy atom. The molecule has 2 aliphatic heterocycles. The van der Waals surface area contributed by atoms with Gasteiger partial charge in [0.15, 0.2) is 0 Å². The Bertz CT molecular complexity index is 2520. The molecule has 2 aromatic rings. The molecule has 22 heteroatoms. The van der Waals surface area contributed by atoms with Crippen molar-refractivity contribution >= 4 is 88.0 Å². The van der Waals surface area contributed by atoms with Gasteiger partial charge in [0, 0.05) is 99.8 Å². The number of amides is 7. The Morgan fingerprint density at radius 1 is 0.733 bits per heavy atom. The molecule has 18 nitrogen and oxygen atoms in total. The molecule has 1 aromatic carbocycles. The fourth-order valence-electron chi connectivity index (χ4n) is 13.0. The number of thioether (sulfide) groups is 3. The number of ether oxygens (including phenoxy) is 2. The van der Waals surface area contributed by atoms with E-state index in [1.165, 1.54) is 86.4 Å². The average Bonchev–Trinajstić information content (AvgIpc) is 2.18. The maximum Gasteiger partial charge on any atom is 0.245 e. The van der Waals surface area contributed by atoms with Gasteiger partial charge >= 0.3 is 0 Å². The SMILES string of the molecule is C=C(N[C@@H](Cc1ccccc1)c1nccs1)[C@H](C)[C@@H](OC)[C@@H]1CCCN1C(=O)C[C@@H](OC)[C@H]([C@@H](C)CC)N(C)C(=O)[C@@H](NC(=O)[C@H](C(C)C)N(C)C(=O)CSCCC(=O)N1CN(C(=O)CCSC)CN(C(=O)CCSC2CCCCCCCCCC2)C1)C(C)C. The predicted molar refractivity (Wildman–Crippen MR) is 369 cm³/mol. The second-order valence-corrected chi connectivity index (χ2v) is 30.1. The van der Waals surface area contributed by atoms with Crippen LogP contribution in [-0.2, 0) is 49.5 Å². The van der Waals surface area contributed by atoms with Crippen molar-refractivity contribution in [2.75, 3.05) is 84.1 Å². The Hall–Kier alpha value is -4.35. The third kappa shape index (κ3) is 23.3. The number of methoxy groups -OCH3 is 2. The molecule has 0 radical (unpaired) electrons. The van der Waals surface area contributed by atoms with Gasteiger partial charge in [-0.25, -0.2) is 4.98 Å². The van der Waals surface area contributed by atoms with E-state index in [0.29, 0.717) is 48.3 Å². The molecule has 3 aliphatic rings. The zero-order valence-corrected chi connectivity index (χ0v) is 59.8. The summed E-state index contributed by atoms with van der Waals surface area (Å²) in [5, 5.41) is 10.2. The van der Waals surface area contributed by atoms with Crippen LogP contribution in [0.3, 0.4) is 0 Å². The topological polar surface area (TPSA) is 194 Å². The molecule has 2 N–H and O–H groups in total. The molecule has 1 aromatic heterocycles. The van der Waals surface area contributed by atoms with Crippen molar-refractivity contribution in [3.05, 3.63) is 64.8 Å². The second-order valence-electron chi connectivity index (χ2n) is 25.7. The van der Waals surface area contributed by atoms with Gasteiger partial charge in [-0.2, -0.15) is 35.3 Å². The molecule has 1 aliphatic carbocycles. The number of carbonyl (C=O) groups is 7. The third-order valence-corrected chi connectivity index (χ3v) is 22.3. The van der Waals surface area contributed by atoms with Crippen LogP contribution in [0.25, 0.3) is 0 Å². The van der Waals surface area contributed by atoms with E-state index >= 15 is 0 Å². The zero-order valence-electron chi connectivity index (χ0n) is 56.5. The van der Waals surface area contributed by atoms with E-state index in [4.69, 9.17) is 9.47 Å². The van der Waals surface area contributed by atoms with Crippen LogP contribution in [0, 0.1) is 23.7 Å². The van der Waals surface area contributed by atoms with Crippen molar-refractivity contribution in [2.45, 2.75) is 212 Å². The maximum absolute atomic E-state index is 14.9. The number of likely N-dealkylation sites (tertiary alicyclic amines) is 1. The number of nitrogens with zero attached hydrogens (tertiary/aromatic N) is 7. The fourth-order valence-corrected chi connectivity index (χ4v) is 16.2. The number of thiazole rings is 1. The minimum absolute atomic E-state index is 0.00513. The lowest BCUT2D eigenvalue weighted by Gasteiger charge is -2.42. The standard InChI is InChI=1S/C68H111N9O9S4/c1-14-49(6)64(56(85-11)42-60(81)77-36-26-31-55(77)65(86-12)50(7)51(8)70-54(67-69-35-40-90-67)41-52-27-22-21-23-28-52)73(10)68(84)62(47(2)3)71-66(83)63(48(4)5)72(9)61(82)43-88-38-33-58(79)75-44-74(57(78)32-37-87-13)45-76(46-75)59(80)34-39-89-53-29-24-19-17-15-16-18-20-25-30-53/h21-23,27-28,35,40,47-50,53-56,62-65,70H,8,14-20,24-26,29-34,36-39,41-46H2,1-7,9-13H3,(H,71,83)/t49-,50-,54-,55-,56+,62-,63-,64-,65+/m0/s1. The smallest absolute Gasteiger partial charge is 0.245 e. The Balaban J connectivity index is 1.17. The highest BCUT2D eigenvalue weighted by Crippen LogP contribution is 2.33. The largest absolute Gasteiger partial charge is 0.379 e. The molecule has 3 fully saturated rings. The summed E-state index contributed by atoms with van der Waals surface area (Å²) < 4.78 is 12.4. The minimum atomic E-state index is -0.963. The van der Waals surface area contributed by atoms with Crippen LogP contribution < -0.4 is 10.6 Å². The minimum Gasteiger partial charge on any atom is -0.379 e. The highest BCUT2D eigenvalue weighted by Gasteiger charge is 2.43. The van der Waals surface area contributed by atoms with Crippen LogP contribution in [0.2, 0.25) is 0 Å².